The third-order valence-electron chi connectivity index (χ3n) is 2.96. The van der Waals surface area contributed by atoms with Gasteiger partial charge in [-0.25, -0.2) is 19.2 Å². The fraction of sp³-hybridized carbons (Fsp3) is 0.500. The number of nitrogen functional groups attached to an aromatic ring is 1. The van der Waals surface area contributed by atoms with E-state index in [0.29, 0.717) is 34.5 Å². The molecular weight excluding hydrogens is 311 g/mol. The van der Waals surface area contributed by atoms with Gasteiger partial charge in [-0.3, -0.25) is 0 Å². The van der Waals surface area contributed by atoms with Gasteiger partial charge in [0, 0.05) is 6.04 Å². The molecule has 0 amide bonds. The largest absolute Gasteiger partial charge is 0.366 e. The Balaban J connectivity index is 2.11. The summed E-state index contributed by atoms with van der Waals surface area (Å²) in [6, 6.07) is 1.56. The normalized spacial score (nSPS) is 19.1. The maximum atomic E-state index is 11.3. The second-order valence-corrected chi connectivity index (χ2v) is 7.48. The lowest BCUT2D eigenvalue weighted by Crippen LogP contribution is -2.32. The zero-order valence-corrected chi connectivity index (χ0v) is 12.3. The molecule has 0 spiro atoms. The zero-order valence-electron chi connectivity index (χ0n) is 9.99. The van der Waals surface area contributed by atoms with E-state index in [1.807, 2.05) is 0 Å². The summed E-state index contributed by atoms with van der Waals surface area (Å²) in [6.07, 6.45) is 1.07. The second-order valence-electron chi connectivity index (χ2n) is 4.36. The highest BCUT2D eigenvalue weighted by Gasteiger charge is 2.24. The average Bonchev–Trinajstić information content (AvgIpc) is 2.35. The summed E-state index contributed by atoms with van der Waals surface area (Å²) in [5.41, 5.74) is 2.38. The Morgan fingerprint density at radius 3 is 2.37 bits per heavy atom. The number of aromatic nitrogens is 1. The lowest BCUT2D eigenvalue weighted by molar-refractivity contribution is 0.559. The van der Waals surface area contributed by atoms with Gasteiger partial charge in [0.25, 0.3) is 0 Å². The predicted molar refractivity (Wildman–Crippen MR) is 77.4 cm³/mol. The zero-order chi connectivity index (χ0) is 14.0. The van der Waals surface area contributed by atoms with Crippen molar-refractivity contribution in [1.82, 2.24) is 4.98 Å². The van der Waals surface area contributed by atoms with Crippen molar-refractivity contribution in [2.75, 3.05) is 22.2 Å². The van der Waals surface area contributed by atoms with Gasteiger partial charge in [-0.15, -0.1) is 0 Å². The van der Waals surface area contributed by atoms with E-state index in [-0.39, 0.29) is 17.5 Å². The smallest absolute Gasteiger partial charge is 0.161 e. The minimum atomic E-state index is -2.88. The summed E-state index contributed by atoms with van der Waals surface area (Å²) in [5.74, 6) is 6.41. The molecule has 106 valence electrons. The summed E-state index contributed by atoms with van der Waals surface area (Å²) in [5, 5.41) is 3.82. The Morgan fingerprint density at radius 1 is 1.21 bits per heavy atom. The molecule has 9 heteroatoms. The molecule has 6 nitrogen and oxygen atoms in total. The van der Waals surface area contributed by atoms with Crippen LogP contribution < -0.4 is 16.6 Å². The summed E-state index contributed by atoms with van der Waals surface area (Å²) < 4.78 is 22.7. The van der Waals surface area contributed by atoms with Crippen LogP contribution in [0.25, 0.3) is 0 Å². The molecule has 1 fully saturated rings. The van der Waals surface area contributed by atoms with Gasteiger partial charge in [0.15, 0.2) is 5.82 Å². The Morgan fingerprint density at radius 2 is 1.79 bits per heavy atom. The number of hydrogen-bond acceptors (Lipinski definition) is 6. The second kappa shape index (κ2) is 5.70. The highest BCUT2D eigenvalue weighted by Crippen LogP contribution is 2.30. The Labute approximate surface area is 121 Å². The fourth-order valence-corrected chi connectivity index (χ4v) is 3.86. The van der Waals surface area contributed by atoms with Crippen molar-refractivity contribution < 1.29 is 8.42 Å². The topological polar surface area (TPSA) is 97.1 Å². The van der Waals surface area contributed by atoms with Crippen LogP contribution in [-0.2, 0) is 9.84 Å². The van der Waals surface area contributed by atoms with Crippen LogP contribution >= 0.6 is 23.2 Å². The molecule has 0 bridgehead atoms. The molecule has 0 unspecified atom stereocenters. The molecule has 0 aromatic carbocycles. The highest BCUT2D eigenvalue weighted by molar-refractivity contribution is 7.91. The van der Waals surface area contributed by atoms with Gasteiger partial charge in [-0.1, -0.05) is 23.2 Å². The first-order chi connectivity index (χ1) is 8.91. The number of anilines is 2. The third-order valence-corrected chi connectivity index (χ3v) is 5.25. The standard InChI is InChI=1S/C10H14Cl2N4O2S/c11-7-5-8(12)10(16-13)15-9(7)14-6-1-3-19(17,18)4-2-6/h5-6H,1-4,13H2,(H2,14,15,16). The van der Waals surface area contributed by atoms with Crippen molar-refractivity contribution in [1.29, 1.82) is 0 Å². The van der Waals surface area contributed by atoms with Crippen molar-refractivity contribution in [2.24, 2.45) is 5.84 Å². The molecule has 1 aliphatic heterocycles. The van der Waals surface area contributed by atoms with E-state index in [9.17, 15) is 8.42 Å². The van der Waals surface area contributed by atoms with Gasteiger partial charge in [-0.2, -0.15) is 0 Å². The van der Waals surface area contributed by atoms with Crippen molar-refractivity contribution >= 4 is 44.7 Å². The van der Waals surface area contributed by atoms with Crippen molar-refractivity contribution in [3.63, 3.8) is 0 Å². The number of nitrogens with one attached hydrogen (secondary N) is 2. The lowest BCUT2D eigenvalue weighted by atomic mass is 10.1. The van der Waals surface area contributed by atoms with Crippen molar-refractivity contribution in [3.8, 4) is 0 Å². The van der Waals surface area contributed by atoms with E-state index in [2.05, 4.69) is 15.7 Å². The maximum Gasteiger partial charge on any atom is 0.161 e. The first-order valence-corrected chi connectivity index (χ1v) is 8.28. The number of nitrogens with zero attached hydrogens (tertiary/aromatic N) is 1. The molecule has 0 radical (unpaired) electrons. The minimum Gasteiger partial charge on any atom is -0.366 e. The Kier molecular flexibility index (Phi) is 4.39. The molecule has 1 aliphatic rings. The van der Waals surface area contributed by atoms with Crippen LogP contribution in [0, 0.1) is 0 Å². The molecule has 1 aromatic heterocycles. The number of halogens is 2. The van der Waals surface area contributed by atoms with Gasteiger partial charge in [0.1, 0.15) is 15.7 Å². The summed E-state index contributed by atoms with van der Waals surface area (Å²) in [4.78, 5) is 4.16. The molecule has 0 aliphatic carbocycles. The van der Waals surface area contributed by atoms with Gasteiger partial charge in [0.05, 0.1) is 21.6 Å². The molecule has 2 rings (SSSR count). The van der Waals surface area contributed by atoms with Crippen molar-refractivity contribution in [3.05, 3.63) is 16.1 Å². The quantitative estimate of drug-likeness (QED) is 0.578. The number of sulfone groups is 1. The van der Waals surface area contributed by atoms with Crippen LogP contribution in [0.5, 0.6) is 0 Å². The van der Waals surface area contributed by atoms with Crippen LogP contribution in [-0.4, -0.2) is 30.9 Å². The SMILES string of the molecule is NNc1nc(NC2CCS(=O)(=O)CC2)c(Cl)cc1Cl. The lowest BCUT2D eigenvalue weighted by Gasteiger charge is -2.24. The van der Waals surface area contributed by atoms with Crippen LogP contribution in [0.15, 0.2) is 6.07 Å². The molecule has 4 N–H and O–H groups in total. The molecule has 0 saturated carbocycles. The summed E-state index contributed by atoms with van der Waals surface area (Å²) in [6.45, 7) is 0. The highest BCUT2D eigenvalue weighted by atomic mass is 35.5. The van der Waals surface area contributed by atoms with E-state index in [4.69, 9.17) is 29.0 Å². The molecular formula is C10H14Cl2N4O2S. The molecule has 2 heterocycles. The monoisotopic (exact) mass is 324 g/mol. The summed E-state index contributed by atoms with van der Waals surface area (Å²) in [7, 11) is -2.88. The Hall–Kier alpha value is -0.760. The van der Waals surface area contributed by atoms with E-state index >= 15 is 0 Å². The maximum absolute atomic E-state index is 11.3. The summed E-state index contributed by atoms with van der Waals surface area (Å²) >= 11 is 11.9. The number of hydrogen-bond donors (Lipinski definition) is 3. The van der Waals surface area contributed by atoms with E-state index in [1.165, 1.54) is 6.07 Å². The van der Waals surface area contributed by atoms with Crippen molar-refractivity contribution in [2.45, 2.75) is 18.9 Å². The van der Waals surface area contributed by atoms with Crippen LogP contribution in [0.3, 0.4) is 0 Å². The van der Waals surface area contributed by atoms with Gasteiger partial charge in [0.2, 0.25) is 0 Å². The fourth-order valence-electron chi connectivity index (χ4n) is 1.90. The number of hydrazine groups is 1. The molecule has 1 saturated heterocycles. The first kappa shape index (κ1) is 14.6. The molecule has 0 atom stereocenters. The van der Waals surface area contributed by atoms with Crippen LogP contribution in [0.4, 0.5) is 11.6 Å². The number of nitrogens with two attached hydrogens (primary N) is 1. The van der Waals surface area contributed by atoms with Crippen LogP contribution in [0.1, 0.15) is 12.8 Å². The van der Waals surface area contributed by atoms with E-state index < -0.39 is 9.84 Å². The van der Waals surface area contributed by atoms with Crippen LogP contribution in [0.2, 0.25) is 10.0 Å². The van der Waals surface area contributed by atoms with Gasteiger partial charge < -0.3 is 10.7 Å². The molecule has 1 aromatic rings. The number of rotatable bonds is 3. The van der Waals surface area contributed by atoms with Gasteiger partial charge in [-0.05, 0) is 18.9 Å². The molecule has 19 heavy (non-hydrogen) atoms. The Bertz CT molecular complexity index is 565. The first-order valence-electron chi connectivity index (χ1n) is 5.71. The average molecular weight is 325 g/mol. The van der Waals surface area contributed by atoms with E-state index in [0.717, 1.165) is 0 Å². The van der Waals surface area contributed by atoms with E-state index in [1.54, 1.807) is 0 Å². The minimum absolute atomic E-state index is 0.0281. The number of pyridine rings is 1. The predicted octanol–water partition coefficient (Wildman–Crippen LogP) is 1.66. The van der Waals surface area contributed by atoms with Gasteiger partial charge >= 0.3 is 0 Å². The third kappa shape index (κ3) is 3.62.